The zero-order valence-corrected chi connectivity index (χ0v) is 62.4. The Labute approximate surface area is 603 Å². The third-order valence-electron chi connectivity index (χ3n) is 17.2. The van der Waals surface area contributed by atoms with Gasteiger partial charge in [-0.05, 0) is 116 Å². The van der Waals surface area contributed by atoms with Crippen LogP contribution >= 0.6 is 0 Å². The summed E-state index contributed by atoms with van der Waals surface area (Å²) < 4.78 is 318. The molecule has 2 amide bonds. The molecule has 576 valence electrons. The van der Waals surface area contributed by atoms with Gasteiger partial charge in [-0.2, -0.15) is 63.5 Å². The molecule has 0 saturated carbocycles. The molecular weight excluding hydrogens is 1560 g/mol. The molecule has 5 aromatic carbocycles. The van der Waals surface area contributed by atoms with Crippen LogP contribution in [0.2, 0.25) is 0 Å². The van der Waals surface area contributed by atoms with Crippen molar-refractivity contribution in [3.05, 3.63) is 107 Å². The fourth-order valence-corrected chi connectivity index (χ4v) is 17.2. The Bertz CT molecular complexity index is 5370. The maximum Gasteiger partial charge on any atom is 0.370 e. The van der Waals surface area contributed by atoms with Gasteiger partial charge < -0.3 is 38.0 Å². The van der Waals surface area contributed by atoms with E-state index in [-0.39, 0.29) is 117 Å². The molecule has 44 heteroatoms. The summed E-state index contributed by atoms with van der Waals surface area (Å²) in [7, 11) is -38.1. The van der Waals surface area contributed by atoms with E-state index in [0.29, 0.717) is 12.1 Å². The quantitative estimate of drug-likeness (QED) is 0.00970. The van der Waals surface area contributed by atoms with E-state index >= 15 is 0 Å². The highest BCUT2D eigenvalue weighted by molar-refractivity contribution is 7.88. The normalized spacial score (nSPS) is 18.3. The van der Waals surface area contributed by atoms with E-state index in [9.17, 15) is 118 Å². The maximum atomic E-state index is 13.3. The van der Waals surface area contributed by atoms with E-state index < -0.39 is 221 Å². The molecule has 0 spiro atoms. The molecule has 36 nitrogen and oxygen atoms in total. The standard InChI is InChI=1S/C61H71N3O33S8/c1-60(19-25-92-3)52(62(21-5-27-98(68,69)70)46-13-11-42-44(58(46)60)33-40(102(80,81)82)35-50(42)104(86,87)88)15-9-38(57-48(94-23-7-29-100(74,75)76)31-39(32-49(57)95-24-8-30-101(77,78)79)96-37-56(67)97-64-54(65)17-18-55(64)66)10-16-53-61(2,20-26-93-4)59-45-34-41(103(83,84)85)36-51(105(89,90)91)43(45)12-14-47(59)63(53)22-6-28-99(71,72)73/h9-16,31-36H,5-8,17-30,37H2,1-4H3,(H7-,68,69,70,71,72,73,74,75,76,77,78,79,80,81,82,83,84,85,86,87,88,89,90,91). The Morgan fingerprint density at radius 2 is 1.06 bits per heavy atom. The number of amides is 2. The molecular formula is C61H71N3O33S8. The summed E-state index contributed by atoms with van der Waals surface area (Å²) in [4.78, 5) is 40.4. The van der Waals surface area contributed by atoms with E-state index in [1.165, 1.54) is 73.1 Å². The van der Waals surface area contributed by atoms with Crippen LogP contribution in [-0.2, 0) is 120 Å². The van der Waals surface area contributed by atoms with Crippen LogP contribution in [0, 0.1) is 0 Å². The Morgan fingerprint density at radius 1 is 0.571 bits per heavy atom. The number of hydrogen-bond donors (Lipinski definition) is 7. The third-order valence-corrected chi connectivity index (χ3v) is 23.8. The van der Waals surface area contributed by atoms with Crippen molar-refractivity contribution < 1.29 is 151 Å². The lowest BCUT2D eigenvalue weighted by Gasteiger charge is -2.31. The average Bonchev–Trinajstić information content (AvgIpc) is 1.57. The molecule has 0 aliphatic carbocycles. The number of rotatable bonds is 36. The first kappa shape index (κ1) is 83.2. The first-order valence-corrected chi connectivity index (χ1v) is 43.2. The number of methoxy groups -OCH3 is 2. The van der Waals surface area contributed by atoms with Crippen LogP contribution in [0.15, 0.2) is 110 Å². The second kappa shape index (κ2) is 31.8. The molecule has 7 N–H and O–H groups in total. The van der Waals surface area contributed by atoms with Gasteiger partial charge in [0.25, 0.3) is 82.6 Å². The molecule has 3 aliphatic rings. The van der Waals surface area contributed by atoms with Gasteiger partial charge in [0, 0.05) is 111 Å². The number of ether oxygens (including phenoxy) is 5. The largest absolute Gasteiger partial charge is 0.744 e. The van der Waals surface area contributed by atoms with Crippen LogP contribution in [-0.4, -0.2) is 220 Å². The van der Waals surface area contributed by atoms with Gasteiger partial charge in [-0.25, -0.2) is 13.2 Å². The van der Waals surface area contributed by atoms with Crippen LogP contribution in [0.1, 0.15) is 81.9 Å². The van der Waals surface area contributed by atoms with E-state index in [4.69, 9.17) is 28.5 Å². The van der Waals surface area contributed by atoms with Gasteiger partial charge >= 0.3 is 5.97 Å². The minimum Gasteiger partial charge on any atom is -0.744 e. The number of nitrogens with zero attached hydrogens (tertiary/aromatic N) is 3. The van der Waals surface area contributed by atoms with E-state index in [1.54, 1.807) is 6.92 Å². The number of benzene rings is 5. The van der Waals surface area contributed by atoms with Gasteiger partial charge in [-0.1, -0.05) is 12.1 Å². The Hall–Kier alpha value is -7.48. The van der Waals surface area contributed by atoms with Crippen molar-refractivity contribution >= 4 is 143 Å². The summed E-state index contributed by atoms with van der Waals surface area (Å²) in [6.45, 7) is -0.537. The number of imide groups is 1. The topological polar surface area (TPSA) is 554 Å². The molecule has 2 atom stereocenters. The maximum absolute atomic E-state index is 13.3. The molecule has 0 bridgehead atoms. The zero-order chi connectivity index (χ0) is 78.0. The van der Waals surface area contributed by atoms with Gasteiger partial charge in [0.2, 0.25) is 5.69 Å². The molecule has 8 rings (SSSR count). The van der Waals surface area contributed by atoms with E-state index in [0.717, 1.165) is 30.3 Å². The van der Waals surface area contributed by atoms with Crippen LogP contribution in [0.4, 0.5) is 11.4 Å². The summed E-state index contributed by atoms with van der Waals surface area (Å²) in [5.41, 5.74) is -3.53. The van der Waals surface area contributed by atoms with Crippen LogP contribution in [0.3, 0.4) is 0 Å². The number of hydrogen-bond acceptors (Lipinski definition) is 27. The molecule has 105 heavy (non-hydrogen) atoms. The predicted octanol–water partition coefficient (Wildman–Crippen LogP) is 4.22. The molecule has 2 unspecified atom stereocenters. The predicted molar refractivity (Wildman–Crippen MR) is 370 cm³/mol. The molecule has 5 aromatic rings. The third kappa shape index (κ3) is 20.2. The van der Waals surface area contributed by atoms with E-state index in [2.05, 4.69) is 0 Å². The fraction of sp³-hybridized carbons (Fsp3) is 0.410. The summed E-state index contributed by atoms with van der Waals surface area (Å²) >= 11 is 0. The van der Waals surface area contributed by atoms with Crippen molar-refractivity contribution in [1.29, 1.82) is 0 Å². The van der Waals surface area contributed by atoms with Crippen molar-refractivity contribution in [2.24, 2.45) is 0 Å². The average molecular weight is 1630 g/mol. The monoisotopic (exact) mass is 1630 g/mol. The van der Waals surface area contributed by atoms with Crippen LogP contribution in [0.5, 0.6) is 17.2 Å². The van der Waals surface area contributed by atoms with Crippen molar-refractivity contribution in [2.75, 3.05) is 88.3 Å². The second-order valence-corrected chi connectivity index (χ2v) is 36.4. The summed E-state index contributed by atoms with van der Waals surface area (Å²) in [5.74, 6) is -8.08. The Balaban J connectivity index is 1.54. The number of hydroxylamine groups is 2. The Kier molecular flexibility index (Phi) is 25.2. The second-order valence-electron chi connectivity index (χ2n) is 24.6. The lowest BCUT2D eigenvalue weighted by atomic mass is 9.74. The summed E-state index contributed by atoms with van der Waals surface area (Å²) in [6, 6.07) is 9.82. The fourth-order valence-electron chi connectivity index (χ4n) is 12.6. The van der Waals surface area contributed by atoms with Crippen LogP contribution < -0.4 is 19.1 Å². The van der Waals surface area contributed by atoms with Gasteiger partial charge in [-0.15, -0.1) is 5.06 Å². The number of anilines is 1. The van der Waals surface area contributed by atoms with Gasteiger partial charge in [0.15, 0.2) is 12.3 Å². The minimum absolute atomic E-state index is 0.0236. The molecule has 3 aliphatic heterocycles. The van der Waals surface area contributed by atoms with Gasteiger partial charge in [-0.3, -0.25) is 41.5 Å². The van der Waals surface area contributed by atoms with Crippen molar-refractivity contribution in [3.8, 4) is 17.2 Å². The zero-order valence-electron chi connectivity index (χ0n) is 55.9. The number of carbonyl (C=O) groups excluding carboxylic acids is 3. The highest BCUT2D eigenvalue weighted by Gasteiger charge is 2.50. The SMILES string of the molecule is COCCC1(C)C(/C=C/C(=C/C=C2/N(CCCS(=O)(=O)O)c3ccc4c(S(=O)(=O)O)cc(S(=O)(=O)O)cc4c3C2(C)CCOC)c2c(OCCCS(=O)(=O)O)cc(OCC(=O)ON3C(=O)CCC3=O)cc2OCCCS(=O)(=O)O)=[N+](CCCS(=O)(=O)O)c2ccc3c(S(=O)(=O)O)cc(S(=O)(=O)[O-])cc3c21. The van der Waals surface area contributed by atoms with Crippen molar-refractivity contribution in [2.45, 2.75) is 95.6 Å². The highest BCUT2D eigenvalue weighted by atomic mass is 32.2. The lowest BCUT2D eigenvalue weighted by Crippen LogP contribution is -2.33. The molecule has 0 aromatic heterocycles. The molecule has 1 fully saturated rings. The Morgan fingerprint density at radius 3 is 1.56 bits per heavy atom. The first-order chi connectivity index (χ1) is 48.5. The molecule has 3 heterocycles. The van der Waals surface area contributed by atoms with Crippen LogP contribution in [0.25, 0.3) is 27.1 Å². The molecule has 1 saturated heterocycles. The first-order valence-electron chi connectivity index (χ1n) is 31.1. The van der Waals surface area contributed by atoms with Crippen molar-refractivity contribution in [3.63, 3.8) is 0 Å². The van der Waals surface area contributed by atoms with Crippen molar-refractivity contribution in [1.82, 2.24) is 5.06 Å². The number of fused-ring (bicyclic) bond motifs is 6. The number of carbonyl (C=O) groups is 3. The smallest absolute Gasteiger partial charge is 0.370 e. The minimum atomic E-state index is -5.58. The number of allylic oxidation sites excluding steroid dienone is 6. The van der Waals surface area contributed by atoms with E-state index in [1.807, 2.05) is 0 Å². The molecule has 0 radical (unpaired) electrons. The lowest BCUT2D eigenvalue weighted by molar-refractivity contribution is -0.437. The summed E-state index contributed by atoms with van der Waals surface area (Å²) in [5, 5.41) is -0.957. The van der Waals surface area contributed by atoms with Gasteiger partial charge in [0.05, 0.1) is 57.0 Å². The van der Waals surface area contributed by atoms with Gasteiger partial charge in [0.1, 0.15) is 43.7 Å². The summed E-state index contributed by atoms with van der Waals surface area (Å²) in [6.07, 6.45) is 2.51. The highest BCUT2D eigenvalue weighted by Crippen LogP contribution is 2.55.